The average Bonchev–Trinajstić information content (AvgIpc) is 2.83. The molecule has 3 unspecified atom stereocenters. The molecule has 0 aliphatic heterocycles. The Morgan fingerprint density at radius 1 is 1.13 bits per heavy atom. The van der Waals surface area contributed by atoms with Crippen molar-refractivity contribution in [2.24, 2.45) is 11.8 Å². The molecule has 1 fully saturated rings. The van der Waals surface area contributed by atoms with Crippen LogP contribution < -0.4 is 4.74 Å². The summed E-state index contributed by atoms with van der Waals surface area (Å²) in [6.07, 6.45) is 7.60. The van der Waals surface area contributed by atoms with Gasteiger partial charge in [0.15, 0.2) is 0 Å². The largest absolute Gasteiger partial charge is 0.490 e. The van der Waals surface area contributed by atoms with Crippen molar-refractivity contribution in [2.45, 2.75) is 25.9 Å². The average molecular weight is 200 g/mol. The third kappa shape index (κ3) is 1.56. The van der Waals surface area contributed by atoms with Crippen LogP contribution in [0.3, 0.4) is 0 Å². The summed E-state index contributed by atoms with van der Waals surface area (Å²) in [4.78, 5) is 0. The Morgan fingerprint density at radius 2 is 2.00 bits per heavy atom. The summed E-state index contributed by atoms with van der Waals surface area (Å²) in [7, 11) is 0. The van der Waals surface area contributed by atoms with Crippen LogP contribution in [0.1, 0.15) is 18.4 Å². The second kappa shape index (κ2) is 3.41. The molecule has 3 atom stereocenters. The fraction of sp³-hybridized carbons (Fsp3) is 0.429. The van der Waals surface area contributed by atoms with Gasteiger partial charge in [0.1, 0.15) is 11.9 Å². The van der Waals surface area contributed by atoms with Crippen LogP contribution in [-0.2, 0) is 0 Å². The molecule has 2 aliphatic carbocycles. The minimum Gasteiger partial charge on any atom is -0.490 e. The minimum atomic E-state index is 0.418. The number of hydrogen-bond acceptors (Lipinski definition) is 1. The van der Waals surface area contributed by atoms with Crippen LogP contribution in [0, 0.1) is 18.8 Å². The Hall–Kier alpha value is -1.24. The standard InChI is InChI=1S/C14H16O/c1-10-4-2-3-5-13(10)15-14-9-11-6-7-12(14)8-11/h2-7,11-12,14H,8-9H2,1H3. The van der Waals surface area contributed by atoms with Crippen LogP contribution in [-0.4, -0.2) is 6.10 Å². The molecule has 0 saturated heterocycles. The summed E-state index contributed by atoms with van der Waals surface area (Å²) in [6, 6.07) is 8.29. The molecular formula is C14H16O. The van der Waals surface area contributed by atoms with Crippen molar-refractivity contribution in [1.82, 2.24) is 0 Å². The van der Waals surface area contributed by atoms with E-state index in [-0.39, 0.29) is 0 Å². The lowest BCUT2D eigenvalue weighted by atomic mass is 10.0. The Bertz CT molecular complexity index is 394. The van der Waals surface area contributed by atoms with Gasteiger partial charge in [-0.15, -0.1) is 0 Å². The van der Waals surface area contributed by atoms with Gasteiger partial charge in [-0.2, -0.15) is 0 Å². The van der Waals surface area contributed by atoms with Crippen molar-refractivity contribution < 1.29 is 4.74 Å². The van der Waals surface area contributed by atoms with Crippen molar-refractivity contribution >= 4 is 0 Å². The first-order valence-corrected chi connectivity index (χ1v) is 5.73. The van der Waals surface area contributed by atoms with Crippen molar-refractivity contribution in [3.05, 3.63) is 42.0 Å². The molecule has 78 valence electrons. The van der Waals surface area contributed by atoms with E-state index in [1.807, 2.05) is 6.07 Å². The third-order valence-corrected chi connectivity index (χ3v) is 3.59. The monoisotopic (exact) mass is 200 g/mol. The first-order chi connectivity index (χ1) is 7.33. The molecule has 0 heterocycles. The minimum absolute atomic E-state index is 0.418. The maximum absolute atomic E-state index is 6.09. The van der Waals surface area contributed by atoms with Crippen molar-refractivity contribution in [3.63, 3.8) is 0 Å². The second-order valence-corrected chi connectivity index (χ2v) is 4.70. The molecule has 1 aromatic rings. The van der Waals surface area contributed by atoms with E-state index in [2.05, 4.69) is 37.3 Å². The molecule has 0 aromatic heterocycles. The van der Waals surface area contributed by atoms with Crippen LogP contribution in [0.2, 0.25) is 0 Å². The highest BCUT2D eigenvalue weighted by atomic mass is 16.5. The quantitative estimate of drug-likeness (QED) is 0.665. The normalized spacial score (nSPS) is 32.2. The van der Waals surface area contributed by atoms with Crippen LogP contribution in [0.4, 0.5) is 0 Å². The van der Waals surface area contributed by atoms with Crippen LogP contribution in [0.5, 0.6) is 5.75 Å². The third-order valence-electron chi connectivity index (χ3n) is 3.59. The van der Waals surface area contributed by atoms with Gasteiger partial charge in [0, 0.05) is 5.92 Å². The second-order valence-electron chi connectivity index (χ2n) is 4.70. The molecule has 2 bridgehead atoms. The van der Waals surface area contributed by atoms with Gasteiger partial charge in [0.05, 0.1) is 0 Å². The molecule has 0 radical (unpaired) electrons. The van der Waals surface area contributed by atoms with E-state index in [1.165, 1.54) is 18.4 Å². The zero-order chi connectivity index (χ0) is 10.3. The Labute approximate surface area is 90.8 Å². The number of para-hydroxylation sites is 1. The summed E-state index contributed by atoms with van der Waals surface area (Å²) in [5.41, 5.74) is 1.24. The number of allylic oxidation sites excluding steroid dienone is 1. The zero-order valence-electron chi connectivity index (χ0n) is 9.02. The van der Waals surface area contributed by atoms with E-state index in [0.29, 0.717) is 12.0 Å². The topological polar surface area (TPSA) is 9.23 Å². The first-order valence-electron chi connectivity index (χ1n) is 5.73. The lowest BCUT2D eigenvalue weighted by Gasteiger charge is -2.21. The molecule has 1 aromatic carbocycles. The Balaban J connectivity index is 1.76. The van der Waals surface area contributed by atoms with Gasteiger partial charge in [-0.3, -0.25) is 0 Å². The summed E-state index contributed by atoms with van der Waals surface area (Å²) in [5.74, 6) is 2.50. The van der Waals surface area contributed by atoms with Crippen molar-refractivity contribution in [3.8, 4) is 5.75 Å². The molecule has 1 heteroatoms. The number of rotatable bonds is 2. The number of hydrogen-bond donors (Lipinski definition) is 0. The van der Waals surface area contributed by atoms with Gasteiger partial charge in [-0.25, -0.2) is 0 Å². The molecule has 15 heavy (non-hydrogen) atoms. The van der Waals surface area contributed by atoms with Gasteiger partial charge in [0.25, 0.3) is 0 Å². The van der Waals surface area contributed by atoms with E-state index in [4.69, 9.17) is 4.74 Å². The fourth-order valence-electron chi connectivity index (χ4n) is 2.72. The van der Waals surface area contributed by atoms with E-state index in [0.717, 1.165) is 11.7 Å². The number of fused-ring (bicyclic) bond motifs is 2. The smallest absolute Gasteiger partial charge is 0.122 e. The molecular weight excluding hydrogens is 184 g/mol. The Morgan fingerprint density at radius 3 is 2.67 bits per heavy atom. The van der Waals surface area contributed by atoms with Crippen LogP contribution >= 0.6 is 0 Å². The van der Waals surface area contributed by atoms with E-state index in [1.54, 1.807) is 0 Å². The van der Waals surface area contributed by atoms with Gasteiger partial charge in [-0.1, -0.05) is 30.4 Å². The van der Waals surface area contributed by atoms with Gasteiger partial charge in [-0.05, 0) is 37.3 Å². The fourth-order valence-corrected chi connectivity index (χ4v) is 2.72. The SMILES string of the molecule is Cc1ccccc1OC1CC2C=CC1C2. The summed E-state index contributed by atoms with van der Waals surface area (Å²) < 4.78 is 6.09. The maximum Gasteiger partial charge on any atom is 0.122 e. The first kappa shape index (κ1) is 9.02. The number of ether oxygens (including phenoxy) is 1. The maximum atomic E-state index is 6.09. The molecule has 0 spiro atoms. The molecule has 0 amide bonds. The van der Waals surface area contributed by atoms with E-state index >= 15 is 0 Å². The van der Waals surface area contributed by atoms with Crippen LogP contribution in [0.25, 0.3) is 0 Å². The number of benzene rings is 1. The van der Waals surface area contributed by atoms with Crippen molar-refractivity contribution in [2.75, 3.05) is 0 Å². The summed E-state index contributed by atoms with van der Waals surface area (Å²) in [6.45, 7) is 2.11. The Kier molecular flexibility index (Phi) is 2.05. The van der Waals surface area contributed by atoms with Crippen LogP contribution in [0.15, 0.2) is 36.4 Å². The van der Waals surface area contributed by atoms with E-state index < -0.39 is 0 Å². The summed E-state index contributed by atoms with van der Waals surface area (Å²) in [5, 5.41) is 0. The zero-order valence-corrected chi connectivity index (χ0v) is 9.02. The lowest BCUT2D eigenvalue weighted by Crippen LogP contribution is -2.21. The molecule has 1 saturated carbocycles. The summed E-state index contributed by atoms with van der Waals surface area (Å²) >= 11 is 0. The van der Waals surface area contributed by atoms with Gasteiger partial charge < -0.3 is 4.74 Å². The molecule has 1 nitrogen and oxygen atoms in total. The van der Waals surface area contributed by atoms with Gasteiger partial charge >= 0.3 is 0 Å². The lowest BCUT2D eigenvalue weighted by molar-refractivity contribution is 0.174. The highest BCUT2D eigenvalue weighted by molar-refractivity contribution is 5.32. The molecule has 3 rings (SSSR count). The predicted octanol–water partition coefficient (Wildman–Crippen LogP) is 3.34. The number of aryl methyl sites for hydroxylation is 1. The van der Waals surface area contributed by atoms with E-state index in [9.17, 15) is 0 Å². The highest BCUT2D eigenvalue weighted by Crippen LogP contribution is 2.41. The molecule has 2 aliphatic rings. The van der Waals surface area contributed by atoms with Crippen molar-refractivity contribution in [1.29, 1.82) is 0 Å². The van der Waals surface area contributed by atoms with Gasteiger partial charge in [0.2, 0.25) is 0 Å². The predicted molar refractivity (Wildman–Crippen MR) is 60.9 cm³/mol. The molecule has 0 N–H and O–H groups in total. The highest BCUT2D eigenvalue weighted by Gasteiger charge is 2.37.